The van der Waals surface area contributed by atoms with E-state index in [1.165, 1.54) is 12.8 Å². The summed E-state index contributed by atoms with van der Waals surface area (Å²) in [4.78, 5) is 31.7. The van der Waals surface area contributed by atoms with Gasteiger partial charge in [0.15, 0.2) is 0 Å². The second-order valence-corrected chi connectivity index (χ2v) is 8.43. The summed E-state index contributed by atoms with van der Waals surface area (Å²) in [5.74, 6) is 0.505. The lowest BCUT2D eigenvalue weighted by Crippen LogP contribution is -2.27. The molecule has 2 N–H and O–H groups in total. The van der Waals surface area contributed by atoms with Crippen molar-refractivity contribution in [2.45, 2.75) is 38.6 Å². The number of aromatic nitrogens is 2. The maximum absolute atomic E-state index is 12.7. The summed E-state index contributed by atoms with van der Waals surface area (Å²) in [7, 11) is 1.77. The summed E-state index contributed by atoms with van der Waals surface area (Å²) >= 11 is 0. The summed E-state index contributed by atoms with van der Waals surface area (Å²) in [6.07, 6.45) is 5.19. The van der Waals surface area contributed by atoms with E-state index in [4.69, 9.17) is 5.26 Å². The third kappa shape index (κ3) is 4.89. The van der Waals surface area contributed by atoms with Crippen LogP contribution >= 0.6 is 0 Å². The van der Waals surface area contributed by atoms with Gasteiger partial charge in [0.25, 0.3) is 5.91 Å². The number of carbonyl (C=O) groups excluding carboxylic acids is 2. The zero-order valence-electron chi connectivity index (χ0n) is 18.6. The summed E-state index contributed by atoms with van der Waals surface area (Å²) in [5.41, 5.74) is 2.98. The number of anilines is 2. The molecule has 2 amide bonds. The molecule has 4 rings (SSSR count). The molecule has 0 spiro atoms. The lowest BCUT2D eigenvalue weighted by Gasteiger charge is -2.19. The van der Waals surface area contributed by atoms with Crippen molar-refractivity contribution in [3.05, 3.63) is 53.6 Å². The molecule has 3 aromatic rings. The molecule has 33 heavy (non-hydrogen) atoms. The molecule has 1 aliphatic rings. The number of nitrogens with one attached hydrogen (secondary N) is 1. The zero-order chi connectivity index (χ0) is 23.4. The highest BCUT2D eigenvalue weighted by Gasteiger charge is 2.22. The van der Waals surface area contributed by atoms with Crippen molar-refractivity contribution in [3.63, 3.8) is 0 Å². The second-order valence-electron chi connectivity index (χ2n) is 8.43. The molecule has 0 atom stereocenters. The van der Waals surface area contributed by atoms with E-state index in [0.29, 0.717) is 34.9 Å². The van der Waals surface area contributed by atoms with Gasteiger partial charge in [-0.05, 0) is 61.2 Å². The van der Waals surface area contributed by atoms with Crippen LogP contribution in [0.2, 0.25) is 0 Å². The monoisotopic (exact) mass is 445 g/mol. The first-order valence-corrected chi connectivity index (χ1v) is 11.2. The maximum Gasteiger partial charge on any atom is 0.257 e. The number of hydrogen-bond acceptors (Lipinski definition) is 5. The first-order valence-electron chi connectivity index (χ1n) is 11.2. The highest BCUT2D eigenvalue weighted by atomic mass is 16.3. The average Bonchev–Trinajstić information content (AvgIpc) is 3.46. The first-order chi connectivity index (χ1) is 16.0. The van der Waals surface area contributed by atoms with Gasteiger partial charge in [0, 0.05) is 31.3 Å². The fourth-order valence-corrected chi connectivity index (χ4v) is 4.36. The van der Waals surface area contributed by atoms with Crippen LogP contribution in [-0.2, 0) is 11.3 Å². The summed E-state index contributed by atoms with van der Waals surface area (Å²) < 4.78 is 1.74. The van der Waals surface area contributed by atoms with E-state index in [1.54, 1.807) is 40.8 Å². The van der Waals surface area contributed by atoms with Crippen molar-refractivity contribution in [2.24, 2.45) is 5.92 Å². The van der Waals surface area contributed by atoms with E-state index in [2.05, 4.69) is 10.3 Å². The van der Waals surface area contributed by atoms with Crippen LogP contribution < -0.4 is 10.2 Å². The third-order valence-corrected chi connectivity index (χ3v) is 6.26. The van der Waals surface area contributed by atoms with E-state index in [-0.39, 0.29) is 25.0 Å². The molecule has 1 aliphatic carbocycles. The Morgan fingerprint density at radius 2 is 1.94 bits per heavy atom. The standard InChI is InChI=1S/C25H27N5O3/c1-29(23(32)14-17-4-2-3-5-17)20-10-11-22-21(15-20)27-25(30(22)12-13-31)28-24(33)19-8-6-18(16-26)7-9-19/h6-11,15,17,31H,2-5,12-14H2,1H3,(H,27,28,33). The summed E-state index contributed by atoms with van der Waals surface area (Å²) in [6.45, 7) is 0.141. The van der Waals surface area contributed by atoms with Crippen LogP contribution in [0.4, 0.5) is 11.6 Å². The fraction of sp³-hybridized carbons (Fsp3) is 0.360. The molecule has 1 aromatic heterocycles. The number of nitrogens with zero attached hydrogens (tertiary/aromatic N) is 4. The molecular weight excluding hydrogens is 418 g/mol. The van der Waals surface area contributed by atoms with Crippen LogP contribution in [0.5, 0.6) is 0 Å². The van der Waals surface area contributed by atoms with Gasteiger partial charge in [-0.3, -0.25) is 14.9 Å². The molecule has 0 unspecified atom stereocenters. The van der Waals surface area contributed by atoms with Gasteiger partial charge in [0.1, 0.15) is 0 Å². The van der Waals surface area contributed by atoms with Crippen LogP contribution in [0.3, 0.4) is 0 Å². The largest absolute Gasteiger partial charge is 0.395 e. The Hall–Kier alpha value is -3.70. The Morgan fingerprint density at radius 3 is 2.61 bits per heavy atom. The van der Waals surface area contributed by atoms with E-state index in [0.717, 1.165) is 24.0 Å². The van der Waals surface area contributed by atoms with Crippen molar-refractivity contribution in [3.8, 4) is 6.07 Å². The predicted molar refractivity (Wildman–Crippen MR) is 126 cm³/mol. The smallest absolute Gasteiger partial charge is 0.257 e. The van der Waals surface area contributed by atoms with Crippen molar-refractivity contribution in [2.75, 3.05) is 23.9 Å². The van der Waals surface area contributed by atoms with Crippen LogP contribution in [0.15, 0.2) is 42.5 Å². The molecule has 1 heterocycles. The van der Waals surface area contributed by atoms with Crippen molar-refractivity contribution >= 4 is 34.5 Å². The Kier molecular flexibility index (Phi) is 6.71. The molecule has 1 fully saturated rings. The van der Waals surface area contributed by atoms with Gasteiger partial charge in [-0.2, -0.15) is 5.26 Å². The molecule has 0 aliphatic heterocycles. The Bertz CT molecular complexity index is 1200. The van der Waals surface area contributed by atoms with Gasteiger partial charge in [0.2, 0.25) is 11.9 Å². The number of nitriles is 1. The second kappa shape index (κ2) is 9.84. The molecule has 0 radical (unpaired) electrons. The van der Waals surface area contributed by atoms with Crippen LogP contribution in [0.1, 0.15) is 48.0 Å². The van der Waals surface area contributed by atoms with Gasteiger partial charge >= 0.3 is 0 Å². The highest BCUT2D eigenvalue weighted by Crippen LogP contribution is 2.30. The van der Waals surface area contributed by atoms with Crippen LogP contribution in [0.25, 0.3) is 11.0 Å². The number of benzene rings is 2. The number of hydrogen-bond donors (Lipinski definition) is 2. The number of fused-ring (bicyclic) bond motifs is 1. The number of aliphatic hydroxyl groups excluding tert-OH is 1. The first kappa shape index (κ1) is 22.5. The predicted octanol–water partition coefficient (Wildman–Crippen LogP) is 3.70. The Labute approximate surface area is 192 Å². The SMILES string of the molecule is CN(C(=O)CC1CCCC1)c1ccc2c(c1)nc(NC(=O)c1ccc(C#N)cc1)n2CCO. The lowest BCUT2D eigenvalue weighted by atomic mass is 10.0. The van der Waals surface area contributed by atoms with Gasteiger partial charge in [-0.15, -0.1) is 0 Å². The van der Waals surface area contributed by atoms with Crippen molar-refractivity contribution in [1.29, 1.82) is 5.26 Å². The number of aliphatic hydroxyl groups is 1. The molecular formula is C25H27N5O3. The molecule has 0 saturated heterocycles. The van der Waals surface area contributed by atoms with Gasteiger partial charge in [0.05, 0.1) is 29.3 Å². The summed E-state index contributed by atoms with van der Waals surface area (Å²) in [5, 5.41) is 21.3. The van der Waals surface area contributed by atoms with Crippen LogP contribution in [-0.4, -0.2) is 40.1 Å². The van der Waals surface area contributed by atoms with Crippen molar-refractivity contribution in [1.82, 2.24) is 9.55 Å². The minimum atomic E-state index is -0.363. The maximum atomic E-state index is 12.7. The quantitative estimate of drug-likeness (QED) is 0.576. The number of amides is 2. The van der Waals surface area contributed by atoms with Gasteiger partial charge in [-0.25, -0.2) is 4.98 Å². The van der Waals surface area contributed by atoms with E-state index in [1.807, 2.05) is 24.3 Å². The van der Waals surface area contributed by atoms with E-state index in [9.17, 15) is 14.7 Å². The summed E-state index contributed by atoms with van der Waals surface area (Å²) in [6, 6.07) is 13.9. The number of carbonyl (C=O) groups is 2. The van der Waals surface area contributed by atoms with Gasteiger partial charge in [-0.1, -0.05) is 12.8 Å². The molecule has 0 bridgehead atoms. The molecule has 8 nitrogen and oxygen atoms in total. The fourth-order valence-electron chi connectivity index (χ4n) is 4.36. The Morgan fingerprint density at radius 1 is 1.21 bits per heavy atom. The average molecular weight is 446 g/mol. The minimum Gasteiger partial charge on any atom is -0.395 e. The zero-order valence-corrected chi connectivity index (χ0v) is 18.6. The van der Waals surface area contributed by atoms with Crippen molar-refractivity contribution < 1.29 is 14.7 Å². The lowest BCUT2D eigenvalue weighted by molar-refractivity contribution is -0.119. The topological polar surface area (TPSA) is 111 Å². The highest BCUT2D eigenvalue weighted by molar-refractivity contribution is 6.04. The molecule has 1 saturated carbocycles. The minimum absolute atomic E-state index is 0.0883. The number of imidazole rings is 1. The van der Waals surface area contributed by atoms with Gasteiger partial charge < -0.3 is 14.6 Å². The normalized spacial score (nSPS) is 13.7. The molecule has 2 aromatic carbocycles. The number of rotatable bonds is 7. The van der Waals surface area contributed by atoms with E-state index < -0.39 is 0 Å². The Balaban J connectivity index is 1.57. The molecule has 8 heteroatoms. The third-order valence-electron chi connectivity index (χ3n) is 6.26. The van der Waals surface area contributed by atoms with E-state index >= 15 is 0 Å². The van der Waals surface area contributed by atoms with Crippen LogP contribution in [0, 0.1) is 17.2 Å². The molecule has 170 valence electrons.